The lowest BCUT2D eigenvalue weighted by atomic mass is 10.1. The van der Waals surface area contributed by atoms with Gasteiger partial charge in [0.25, 0.3) is 0 Å². The highest BCUT2D eigenvalue weighted by atomic mass is 79.9. The van der Waals surface area contributed by atoms with E-state index in [4.69, 9.17) is 0 Å². The van der Waals surface area contributed by atoms with Crippen molar-refractivity contribution in [3.8, 4) is 0 Å². The molecule has 0 saturated heterocycles. The molecule has 0 fully saturated rings. The molecule has 0 unspecified atom stereocenters. The van der Waals surface area contributed by atoms with Crippen molar-refractivity contribution < 1.29 is 9.18 Å². The van der Waals surface area contributed by atoms with Gasteiger partial charge in [-0.15, -0.1) is 11.3 Å². The molecule has 0 bridgehead atoms. The van der Waals surface area contributed by atoms with Crippen molar-refractivity contribution in [1.82, 2.24) is 0 Å². The predicted molar refractivity (Wildman–Crippen MR) is 66.6 cm³/mol. The van der Waals surface area contributed by atoms with Gasteiger partial charge >= 0.3 is 0 Å². The quantitative estimate of drug-likeness (QED) is 0.760. The summed E-state index contributed by atoms with van der Waals surface area (Å²) in [6.45, 7) is 1.92. The lowest BCUT2D eigenvalue weighted by molar-refractivity contribution is 0.103. The zero-order chi connectivity index (χ0) is 11.7. The Balaban J connectivity index is 2.45. The number of halogens is 2. The summed E-state index contributed by atoms with van der Waals surface area (Å²) in [5, 5.41) is 0. The van der Waals surface area contributed by atoms with Crippen molar-refractivity contribution in [1.29, 1.82) is 0 Å². The number of aryl methyl sites for hydroxylation is 1. The lowest BCUT2D eigenvalue weighted by Gasteiger charge is -2.00. The van der Waals surface area contributed by atoms with Gasteiger partial charge < -0.3 is 0 Å². The molecule has 82 valence electrons. The van der Waals surface area contributed by atoms with Crippen LogP contribution in [0.15, 0.2) is 34.8 Å². The van der Waals surface area contributed by atoms with E-state index < -0.39 is 5.82 Å². The Bertz CT molecular complexity index is 548. The van der Waals surface area contributed by atoms with Crippen LogP contribution in [0.5, 0.6) is 0 Å². The number of hydrogen-bond donors (Lipinski definition) is 0. The van der Waals surface area contributed by atoms with Gasteiger partial charge in [0, 0.05) is 9.35 Å². The molecule has 0 spiro atoms. The van der Waals surface area contributed by atoms with Crippen molar-refractivity contribution in [2.24, 2.45) is 0 Å². The Hall–Kier alpha value is -1.00. The summed E-state index contributed by atoms with van der Waals surface area (Å²) in [5.41, 5.74) is 0.108. The topological polar surface area (TPSA) is 17.1 Å². The molecule has 1 heterocycles. The van der Waals surface area contributed by atoms with E-state index in [2.05, 4.69) is 15.9 Å². The molecule has 0 atom stereocenters. The van der Waals surface area contributed by atoms with Crippen molar-refractivity contribution in [2.45, 2.75) is 6.92 Å². The monoisotopic (exact) mass is 298 g/mol. The molecule has 16 heavy (non-hydrogen) atoms. The number of thiophene rings is 1. The number of carbonyl (C=O) groups excluding carboxylic acids is 1. The molecule has 0 aliphatic carbocycles. The summed E-state index contributed by atoms with van der Waals surface area (Å²) in [5.74, 6) is -0.754. The first-order valence-corrected chi connectivity index (χ1v) is 6.25. The van der Waals surface area contributed by atoms with Crippen LogP contribution in [0.1, 0.15) is 20.1 Å². The van der Waals surface area contributed by atoms with Crippen LogP contribution in [-0.4, -0.2) is 5.78 Å². The molecule has 0 amide bonds. The maximum atomic E-state index is 13.5. The van der Waals surface area contributed by atoms with Crippen molar-refractivity contribution in [3.05, 3.63) is 55.9 Å². The van der Waals surface area contributed by atoms with Crippen LogP contribution in [0.4, 0.5) is 4.39 Å². The minimum absolute atomic E-state index is 0.108. The van der Waals surface area contributed by atoms with Crippen molar-refractivity contribution in [3.63, 3.8) is 0 Å². The van der Waals surface area contributed by atoms with Gasteiger partial charge in [-0.3, -0.25) is 4.79 Å². The van der Waals surface area contributed by atoms with Crippen LogP contribution >= 0.6 is 27.3 Å². The fraction of sp³-hybridized carbons (Fsp3) is 0.0833. The van der Waals surface area contributed by atoms with E-state index in [0.29, 0.717) is 9.35 Å². The van der Waals surface area contributed by atoms with E-state index in [9.17, 15) is 9.18 Å². The van der Waals surface area contributed by atoms with Gasteiger partial charge in [-0.2, -0.15) is 0 Å². The van der Waals surface area contributed by atoms with Gasteiger partial charge in [-0.1, -0.05) is 15.9 Å². The molecule has 2 rings (SSSR count). The molecule has 1 aromatic heterocycles. The third-order valence-corrected chi connectivity index (χ3v) is 3.63. The Labute approximate surface area is 105 Å². The predicted octanol–water partition coefficient (Wildman–Crippen LogP) is 4.19. The molecule has 0 radical (unpaired) electrons. The normalized spacial score (nSPS) is 10.4. The van der Waals surface area contributed by atoms with E-state index in [1.54, 1.807) is 12.1 Å². The molecular weight excluding hydrogens is 291 g/mol. The van der Waals surface area contributed by atoms with Gasteiger partial charge in [0.05, 0.1) is 10.4 Å². The lowest BCUT2D eigenvalue weighted by Crippen LogP contribution is -2.01. The molecule has 1 nitrogen and oxygen atoms in total. The second kappa shape index (κ2) is 4.47. The van der Waals surface area contributed by atoms with E-state index in [1.165, 1.54) is 23.5 Å². The van der Waals surface area contributed by atoms with Crippen LogP contribution in [-0.2, 0) is 0 Å². The van der Waals surface area contributed by atoms with E-state index in [1.807, 2.05) is 13.0 Å². The summed E-state index contributed by atoms with van der Waals surface area (Å²) in [6.07, 6.45) is 0. The average Bonchev–Trinajstić information content (AvgIpc) is 2.67. The number of hydrogen-bond acceptors (Lipinski definition) is 2. The third-order valence-electron chi connectivity index (χ3n) is 2.14. The van der Waals surface area contributed by atoms with Crippen molar-refractivity contribution in [2.75, 3.05) is 0 Å². The van der Waals surface area contributed by atoms with E-state index in [0.717, 1.165) is 4.88 Å². The molecule has 2 aromatic rings. The summed E-state index contributed by atoms with van der Waals surface area (Å²) in [4.78, 5) is 13.6. The average molecular weight is 299 g/mol. The largest absolute Gasteiger partial charge is 0.288 e. The number of rotatable bonds is 2. The van der Waals surface area contributed by atoms with Gasteiger partial charge in [-0.25, -0.2) is 4.39 Å². The van der Waals surface area contributed by atoms with Gasteiger partial charge in [0.2, 0.25) is 5.78 Å². The standard InChI is InChI=1S/C12H8BrFOS/c1-7-2-5-11(16-7)12(15)9-6-8(13)3-4-10(9)14/h2-6H,1H3. The van der Waals surface area contributed by atoms with Crippen molar-refractivity contribution >= 4 is 33.0 Å². The van der Waals surface area contributed by atoms with E-state index in [-0.39, 0.29) is 11.3 Å². The van der Waals surface area contributed by atoms with Crippen LogP contribution in [0.2, 0.25) is 0 Å². The molecule has 0 saturated carbocycles. The summed E-state index contributed by atoms with van der Waals surface area (Å²) >= 11 is 4.60. The Morgan fingerprint density at radius 2 is 2.06 bits per heavy atom. The Morgan fingerprint density at radius 1 is 1.31 bits per heavy atom. The molecular formula is C12H8BrFOS. The molecule has 0 N–H and O–H groups in total. The first-order chi connectivity index (χ1) is 7.58. The third kappa shape index (κ3) is 2.23. The molecule has 1 aromatic carbocycles. The van der Waals surface area contributed by atoms with Crippen LogP contribution in [0.3, 0.4) is 0 Å². The SMILES string of the molecule is Cc1ccc(C(=O)c2cc(Br)ccc2F)s1. The molecule has 0 aliphatic rings. The number of ketones is 1. The second-order valence-electron chi connectivity index (χ2n) is 3.36. The highest BCUT2D eigenvalue weighted by molar-refractivity contribution is 9.10. The first-order valence-electron chi connectivity index (χ1n) is 4.64. The number of carbonyl (C=O) groups is 1. The highest BCUT2D eigenvalue weighted by Gasteiger charge is 2.15. The summed E-state index contributed by atoms with van der Waals surface area (Å²) in [6, 6.07) is 7.95. The van der Waals surface area contributed by atoms with Gasteiger partial charge in [0.15, 0.2) is 0 Å². The minimum Gasteiger partial charge on any atom is -0.288 e. The fourth-order valence-electron chi connectivity index (χ4n) is 1.36. The molecule has 4 heteroatoms. The highest BCUT2D eigenvalue weighted by Crippen LogP contribution is 2.22. The van der Waals surface area contributed by atoms with Gasteiger partial charge in [0.1, 0.15) is 5.82 Å². The minimum atomic E-state index is -0.487. The zero-order valence-corrected chi connectivity index (χ0v) is 10.9. The van der Waals surface area contributed by atoms with Gasteiger partial charge in [-0.05, 0) is 37.3 Å². The first kappa shape index (κ1) is 11.5. The molecule has 0 aliphatic heterocycles. The van der Waals surface area contributed by atoms with Crippen LogP contribution in [0.25, 0.3) is 0 Å². The maximum absolute atomic E-state index is 13.5. The zero-order valence-electron chi connectivity index (χ0n) is 8.46. The van der Waals surface area contributed by atoms with E-state index >= 15 is 0 Å². The van der Waals surface area contributed by atoms with Crippen LogP contribution in [0, 0.1) is 12.7 Å². The van der Waals surface area contributed by atoms with Crippen LogP contribution < -0.4 is 0 Å². The second-order valence-corrected chi connectivity index (χ2v) is 5.57. The Morgan fingerprint density at radius 3 is 2.69 bits per heavy atom. The summed E-state index contributed by atoms with van der Waals surface area (Å²) < 4.78 is 14.2. The fourth-order valence-corrected chi connectivity index (χ4v) is 2.54. The maximum Gasteiger partial charge on any atom is 0.205 e. The smallest absolute Gasteiger partial charge is 0.205 e. The summed E-state index contributed by atoms with van der Waals surface area (Å²) in [7, 11) is 0. The number of benzene rings is 1. The Kier molecular flexibility index (Phi) is 3.21.